The van der Waals surface area contributed by atoms with Gasteiger partial charge in [-0.05, 0) is 49.8 Å². The molecule has 0 bridgehead atoms. The molecule has 20 heavy (non-hydrogen) atoms. The zero-order valence-electron chi connectivity index (χ0n) is 11.4. The summed E-state index contributed by atoms with van der Waals surface area (Å²) in [6.45, 7) is 4.17. The van der Waals surface area contributed by atoms with E-state index >= 15 is 0 Å². The summed E-state index contributed by atoms with van der Waals surface area (Å²) in [4.78, 5) is 11.2. The molecule has 104 valence electrons. The number of furan rings is 1. The van der Waals surface area contributed by atoms with E-state index in [9.17, 15) is 4.79 Å². The minimum absolute atomic E-state index is 0.364. The maximum absolute atomic E-state index is 11.2. The fourth-order valence-corrected chi connectivity index (χ4v) is 2.44. The zero-order valence-corrected chi connectivity index (χ0v) is 12.9. The Balaban J connectivity index is 2.18. The van der Waals surface area contributed by atoms with Gasteiger partial charge in [0.15, 0.2) is 0 Å². The lowest BCUT2D eigenvalue weighted by molar-refractivity contribution is -0.137. The summed E-state index contributed by atoms with van der Waals surface area (Å²) in [5.41, 5.74) is 2.15. The molecule has 0 spiro atoms. The van der Waals surface area contributed by atoms with E-state index in [1.165, 1.54) is 11.6 Å². The third kappa shape index (κ3) is 3.61. The lowest BCUT2D eigenvalue weighted by Gasteiger charge is -2.02. The van der Waals surface area contributed by atoms with Gasteiger partial charge in [-0.15, -0.1) is 0 Å². The fraction of sp³-hybridized carbons (Fsp3) is 0.188. The summed E-state index contributed by atoms with van der Waals surface area (Å²) in [5.74, 6) is 0.989. The Labute approximate surface area is 126 Å². The van der Waals surface area contributed by atoms with Crippen LogP contribution in [0, 0.1) is 6.92 Å². The van der Waals surface area contributed by atoms with Crippen molar-refractivity contribution in [1.29, 1.82) is 0 Å². The molecule has 2 rings (SSSR count). The van der Waals surface area contributed by atoms with Crippen LogP contribution in [0.1, 0.15) is 18.2 Å². The molecule has 1 aromatic carbocycles. The van der Waals surface area contributed by atoms with E-state index in [1.54, 1.807) is 13.0 Å². The summed E-state index contributed by atoms with van der Waals surface area (Å²) in [5, 5.41) is 0. The van der Waals surface area contributed by atoms with Gasteiger partial charge in [0.05, 0.1) is 6.61 Å². The van der Waals surface area contributed by atoms with Crippen molar-refractivity contribution < 1.29 is 13.9 Å². The topological polar surface area (TPSA) is 39.4 Å². The zero-order chi connectivity index (χ0) is 14.5. The molecule has 0 saturated heterocycles. The van der Waals surface area contributed by atoms with Crippen molar-refractivity contribution in [1.82, 2.24) is 0 Å². The molecule has 2 aromatic rings. The highest BCUT2D eigenvalue weighted by Crippen LogP contribution is 2.30. The first-order valence-corrected chi connectivity index (χ1v) is 7.10. The van der Waals surface area contributed by atoms with Crippen LogP contribution in [0.3, 0.4) is 0 Å². The number of benzene rings is 1. The molecule has 4 heteroatoms. The molecule has 0 atom stereocenters. The van der Waals surface area contributed by atoms with Crippen LogP contribution in [-0.4, -0.2) is 12.6 Å². The Morgan fingerprint density at radius 2 is 2.15 bits per heavy atom. The van der Waals surface area contributed by atoms with Gasteiger partial charge in [-0.1, -0.05) is 22.0 Å². The minimum Gasteiger partial charge on any atom is -0.463 e. The van der Waals surface area contributed by atoms with Gasteiger partial charge in [-0.25, -0.2) is 4.79 Å². The third-order valence-corrected chi connectivity index (χ3v) is 3.34. The van der Waals surface area contributed by atoms with Gasteiger partial charge in [0.1, 0.15) is 11.5 Å². The number of hydrogen-bond donors (Lipinski definition) is 0. The number of carbonyl (C=O) groups is 1. The van der Waals surface area contributed by atoms with Crippen LogP contribution in [-0.2, 0) is 9.53 Å². The average molecular weight is 335 g/mol. The van der Waals surface area contributed by atoms with Gasteiger partial charge in [-0.2, -0.15) is 0 Å². The van der Waals surface area contributed by atoms with Crippen molar-refractivity contribution in [2.24, 2.45) is 0 Å². The van der Waals surface area contributed by atoms with Gasteiger partial charge in [0, 0.05) is 16.1 Å². The monoisotopic (exact) mass is 334 g/mol. The molecule has 0 amide bonds. The molecule has 0 aliphatic carbocycles. The van der Waals surface area contributed by atoms with E-state index in [-0.39, 0.29) is 5.97 Å². The van der Waals surface area contributed by atoms with Crippen LogP contribution in [0.4, 0.5) is 0 Å². The van der Waals surface area contributed by atoms with Crippen LogP contribution in [0.25, 0.3) is 17.4 Å². The molecule has 0 unspecified atom stereocenters. The van der Waals surface area contributed by atoms with Crippen LogP contribution in [0.5, 0.6) is 0 Å². The van der Waals surface area contributed by atoms with Gasteiger partial charge >= 0.3 is 5.97 Å². The smallest absolute Gasteiger partial charge is 0.330 e. The van der Waals surface area contributed by atoms with Crippen LogP contribution >= 0.6 is 15.9 Å². The van der Waals surface area contributed by atoms with Crippen molar-refractivity contribution >= 4 is 28.0 Å². The minimum atomic E-state index is -0.373. The van der Waals surface area contributed by atoms with Crippen molar-refractivity contribution in [3.8, 4) is 11.3 Å². The van der Waals surface area contributed by atoms with E-state index in [0.717, 1.165) is 15.8 Å². The van der Waals surface area contributed by atoms with E-state index in [2.05, 4.69) is 15.9 Å². The lowest BCUT2D eigenvalue weighted by Crippen LogP contribution is -1.98. The van der Waals surface area contributed by atoms with Crippen molar-refractivity contribution in [3.63, 3.8) is 0 Å². The fourth-order valence-electron chi connectivity index (χ4n) is 1.75. The van der Waals surface area contributed by atoms with Crippen LogP contribution in [0.2, 0.25) is 0 Å². The SMILES string of the molecule is CCOC(=O)/C=C/c1ccc(-c2ccc(C)cc2Br)o1. The molecule has 0 saturated carbocycles. The number of carbonyl (C=O) groups excluding carboxylic acids is 1. The number of ether oxygens (including phenoxy) is 1. The number of rotatable bonds is 4. The highest BCUT2D eigenvalue weighted by molar-refractivity contribution is 9.10. The van der Waals surface area contributed by atoms with Gasteiger partial charge in [0.2, 0.25) is 0 Å². The summed E-state index contributed by atoms with van der Waals surface area (Å²) in [6, 6.07) is 9.75. The number of esters is 1. The number of hydrogen-bond acceptors (Lipinski definition) is 3. The largest absolute Gasteiger partial charge is 0.463 e. The first-order chi connectivity index (χ1) is 9.60. The highest BCUT2D eigenvalue weighted by atomic mass is 79.9. The molecular formula is C16H15BrO3. The quantitative estimate of drug-likeness (QED) is 0.606. The average Bonchev–Trinajstić information content (AvgIpc) is 2.85. The molecule has 0 aliphatic heterocycles. The number of aryl methyl sites for hydroxylation is 1. The predicted molar refractivity (Wildman–Crippen MR) is 82.2 cm³/mol. The molecular weight excluding hydrogens is 320 g/mol. The van der Waals surface area contributed by atoms with Crippen LogP contribution < -0.4 is 0 Å². The summed E-state index contributed by atoms with van der Waals surface area (Å²) in [6.07, 6.45) is 2.96. The van der Waals surface area contributed by atoms with Gasteiger partial charge in [0.25, 0.3) is 0 Å². The highest BCUT2D eigenvalue weighted by Gasteiger charge is 2.07. The normalized spacial score (nSPS) is 10.9. The Kier molecular flexibility index (Phi) is 4.79. The van der Waals surface area contributed by atoms with Gasteiger partial charge < -0.3 is 9.15 Å². The lowest BCUT2D eigenvalue weighted by atomic mass is 10.1. The number of halogens is 1. The van der Waals surface area contributed by atoms with Crippen molar-refractivity contribution in [3.05, 3.63) is 52.2 Å². The molecule has 0 fully saturated rings. The Morgan fingerprint density at radius 3 is 2.85 bits per heavy atom. The Hall–Kier alpha value is -1.81. The van der Waals surface area contributed by atoms with Crippen molar-refractivity contribution in [2.75, 3.05) is 6.61 Å². The van der Waals surface area contributed by atoms with Crippen LogP contribution in [0.15, 0.2) is 45.3 Å². The summed E-state index contributed by atoms with van der Waals surface area (Å²) < 4.78 is 11.5. The summed E-state index contributed by atoms with van der Waals surface area (Å²) in [7, 11) is 0. The second-order valence-electron chi connectivity index (χ2n) is 4.27. The standard InChI is InChI=1S/C16H15BrO3/c1-3-19-16(18)9-6-12-5-8-15(20-12)13-7-4-11(2)10-14(13)17/h4-10H,3H2,1-2H3/b9-6+. The Bertz CT molecular complexity index is 641. The maximum Gasteiger partial charge on any atom is 0.330 e. The second-order valence-corrected chi connectivity index (χ2v) is 5.13. The first-order valence-electron chi connectivity index (χ1n) is 6.31. The molecule has 0 aliphatic rings. The van der Waals surface area contributed by atoms with Gasteiger partial charge in [-0.3, -0.25) is 0 Å². The predicted octanol–water partition coefficient (Wildman–Crippen LogP) is 4.59. The molecule has 0 radical (unpaired) electrons. The molecule has 3 nitrogen and oxygen atoms in total. The summed E-state index contributed by atoms with van der Waals surface area (Å²) >= 11 is 3.52. The molecule has 0 N–H and O–H groups in total. The maximum atomic E-state index is 11.2. The first kappa shape index (κ1) is 14.6. The Morgan fingerprint density at radius 1 is 1.35 bits per heavy atom. The molecule has 1 heterocycles. The van der Waals surface area contributed by atoms with E-state index in [1.807, 2.05) is 37.3 Å². The van der Waals surface area contributed by atoms with E-state index in [4.69, 9.17) is 9.15 Å². The van der Waals surface area contributed by atoms with E-state index < -0.39 is 0 Å². The van der Waals surface area contributed by atoms with E-state index in [0.29, 0.717) is 12.4 Å². The third-order valence-electron chi connectivity index (χ3n) is 2.69. The molecule has 1 aromatic heterocycles. The van der Waals surface area contributed by atoms with Crippen molar-refractivity contribution in [2.45, 2.75) is 13.8 Å². The second kappa shape index (κ2) is 6.57.